The Balaban J connectivity index is 2.18. The molecule has 3 nitrogen and oxygen atoms in total. The van der Waals surface area contributed by atoms with Gasteiger partial charge < -0.3 is 9.88 Å². The zero-order chi connectivity index (χ0) is 10.7. The molecule has 0 aromatic carbocycles. The minimum Gasteiger partial charge on any atom is -0.344 e. The predicted molar refractivity (Wildman–Crippen MR) is 63.1 cm³/mol. The quantitative estimate of drug-likeness (QED) is 0.858. The molecule has 2 heterocycles. The highest BCUT2D eigenvalue weighted by atomic mass is 32.1. The lowest BCUT2D eigenvalue weighted by atomic mass is 10.2. The third kappa shape index (κ3) is 2.27. The first-order chi connectivity index (χ1) is 7.31. The van der Waals surface area contributed by atoms with E-state index in [1.165, 1.54) is 5.69 Å². The molecular weight excluding hydrogens is 206 g/mol. The average molecular weight is 221 g/mol. The molecule has 15 heavy (non-hydrogen) atoms. The average Bonchev–Trinajstić information content (AvgIpc) is 2.88. The fraction of sp³-hybridized carbons (Fsp3) is 0.364. The van der Waals surface area contributed by atoms with Crippen LogP contribution in [0.15, 0.2) is 29.2 Å². The molecule has 0 saturated carbocycles. The van der Waals surface area contributed by atoms with E-state index in [1.807, 2.05) is 12.6 Å². The van der Waals surface area contributed by atoms with Crippen molar-refractivity contribution in [3.05, 3.63) is 40.6 Å². The van der Waals surface area contributed by atoms with Crippen molar-refractivity contribution in [2.24, 2.45) is 0 Å². The lowest BCUT2D eigenvalue weighted by Crippen LogP contribution is -2.16. The number of thiazole rings is 1. The van der Waals surface area contributed by atoms with E-state index in [0.29, 0.717) is 6.04 Å². The minimum atomic E-state index is 0.374. The fourth-order valence-corrected chi connectivity index (χ4v) is 2.15. The Morgan fingerprint density at radius 3 is 3.13 bits per heavy atom. The number of nitrogens with one attached hydrogen (secondary N) is 1. The first-order valence-electron chi connectivity index (χ1n) is 5.00. The van der Waals surface area contributed by atoms with Gasteiger partial charge in [-0.25, -0.2) is 4.98 Å². The zero-order valence-corrected chi connectivity index (χ0v) is 9.79. The molecule has 0 aliphatic rings. The molecule has 4 heteroatoms. The number of aromatic nitrogens is 2. The van der Waals surface area contributed by atoms with Crippen LogP contribution in [0.2, 0.25) is 0 Å². The van der Waals surface area contributed by atoms with E-state index in [4.69, 9.17) is 0 Å². The first-order valence-corrected chi connectivity index (χ1v) is 5.95. The van der Waals surface area contributed by atoms with Crippen molar-refractivity contribution in [1.82, 2.24) is 14.9 Å². The molecule has 0 spiro atoms. The van der Waals surface area contributed by atoms with Gasteiger partial charge in [0, 0.05) is 23.3 Å². The van der Waals surface area contributed by atoms with Crippen molar-refractivity contribution >= 4 is 11.3 Å². The third-order valence-corrected chi connectivity index (χ3v) is 3.19. The number of rotatable bonds is 4. The van der Waals surface area contributed by atoms with Crippen LogP contribution in [0, 0.1) is 0 Å². The highest BCUT2D eigenvalue weighted by Gasteiger charge is 2.08. The van der Waals surface area contributed by atoms with E-state index < -0.39 is 0 Å². The van der Waals surface area contributed by atoms with Crippen LogP contribution in [0.1, 0.15) is 24.4 Å². The second kappa shape index (κ2) is 4.59. The van der Waals surface area contributed by atoms with Gasteiger partial charge in [0.1, 0.15) is 0 Å². The summed E-state index contributed by atoms with van der Waals surface area (Å²) >= 11 is 1.64. The fourth-order valence-electron chi connectivity index (χ4n) is 1.60. The summed E-state index contributed by atoms with van der Waals surface area (Å²) < 4.78 is 2.23. The summed E-state index contributed by atoms with van der Waals surface area (Å²) in [5.74, 6) is 0. The third-order valence-electron chi connectivity index (χ3n) is 2.56. The zero-order valence-electron chi connectivity index (χ0n) is 8.97. The Bertz CT molecular complexity index is 405. The summed E-state index contributed by atoms with van der Waals surface area (Å²) in [5, 5.41) is 5.34. The van der Waals surface area contributed by atoms with Gasteiger partial charge in [0.15, 0.2) is 0 Å². The van der Waals surface area contributed by atoms with Gasteiger partial charge in [-0.3, -0.25) is 0 Å². The van der Waals surface area contributed by atoms with Crippen LogP contribution in [0.25, 0.3) is 0 Å². The highest BCUT2D eigenvalue weighted by molar-refractivity contribution is 7.07. The number of nitrogens with zero attached hydrogens (tertiary/aromatic N) is 2. The molecule has 0 bridgehead atoms. The Kier molecular flexibility index (Phi) is 3.18. The van der Waals surface area contributed by atoms with E-state index in [1.54, 1.807) is 11.3 Å². The van der Waals surface area contributed by atoms with E-state index >= 15 is 0 Å². The lowest BCUT2D eigenvalue weighted by molar-refractivity contribution is 0.587. The van der Waals surface area contributed by atoms with Crippen molar-refractivity contribution < 1.29 is 0 Å². The van der Waals surface area contributed by atoms with Crippen LogP contribution in [0.3, 0.4) is 0 Å². The first kappa shape index (κ1) is 10.4. The van der Waals surface area contributed by atoms with Crippen LogP contribution in [-0.4, -0.2) is 16.6 Å². The number of hydrogen-bond donors (Lipinski definition) is 1. The van der Waals surface area contributed by atoms with Crippen molar-refractivity contribution in [3.8, 4) is 0 Å². The van der Waals surface area contributed by atoms with E-state index in [9.17, 15) is 0 Å². The maximum atomic E-state index is 4.29. The molecule has 2 aromatic rings. The van der Waals surface area contributed by atoms with E-state index in [2.05, 4.69) is 45.5 Å². The monoisotopic (exact) mass is 221 g/mol. The van der Waals surface area contributed by atoms with Crippen molar-refractivity contribution in [2.45, 2.75) is 19.5 Å². The second-order valence-electron chi connectivity index (χ2n) is 3.55. The second-order valence-corrected chi connectivity index (χ2v) is 4.27. The van der Waals surface area contributed by atoms with Crippen LogP contribution in [0.4, 0.5) is 0 Å². The molecule has 80 valence electrons. The standard InChI is InChI=1S/C11H15N3S/c1-9(12-2)11-4-3-5-14(11)6-10-7-15-8-13-10/h3-5,7-9,12H,6H2,1-2H3. The van der Waals surface area contributed by atoms with Gasteiger partial charge >= 0.3 is 0 Å². The molecule has 1 unspecified atom stereocenters. The van der Waals surface area contributed by atoms with Crippen molar-refractivity contribution in [3.63, 3.8) is 0 Å². The summed E-state index contributed by atoms with van der Waals surface area (Å²) in [6, 6.07) is 4.60. The lowest BCUT2D eigenvalue weighted by Gasteiger charge is -2.13. The molecule has 0 aliphatic heterocycles. The Labute approximate surface area is 93.8 Å². The molecule has 0 radical (unpaired) electrons. The molecule has 2 rings (SSSR count). The van der Waals surface area contributed by atoms with Crippen molar-refractivity contribution in [1.29, 1.82) is 0 Å². The molecule has 0 amide bonds. The van der Waals surface area contributed by atoms with Gasteiger partial charge in [-0.15, -0.1) is 11.3 Å². The molecule has 0 fully saturated rings. The summed E-state index contributed by atoms with van der Waals surface area (Å²) in [7, 11) is 1.98. The normalized spacial score (nSPS) is 12.9. The maximum absolute atomic E-state index is 4.29. The largest absolute Gasteiger partial charge is 0.344 e. The number of hydrogen-bond acceptors (Lipinski definition) is 3. The summed E-state index contributed by atoms with van der Waals surface area (Å²) in [4.78, 5) is 4.29. The Morgan fingerprint density at radius 2 is 2.47 bits per heavy atom. The predicted octanol–water partition coefficient (Wildman–Crippen LogP) is 2.27. The maximum Gasteiger partial charge on any atom is 0.0795 e. The van der Waals surface area contributed by atoms with Crippen LogP contribution >= 0.6 is 11.3 Å². The van der Waals surface area contributed by atoms with Gasteiger partial charge in [-0.05, 0) is 26.1 Å². The molecule has 2 aromatic heterocycles. The molecule has 1 N–H and O–H groups in total. The summed E-state index contributed by atoms with van der Waals surface area (Å²) in [6.45, 7) is 3.02. The molecule has 0 aliphatic carbocycles. The highest BCUT2D eigenvalue weighted by Crippen LogP contribution is 2.14. The SMILES string of the molecule is CNC(C)c1cccn1Cc1cscn1. The van der Waals surface area contributed by atoms with Crippen LogP contribution in [-0.2, 0) is 6.54 Å². The van der Waals surface area contributed by atoms with Gasteiger partial charge in [0.2, 0.25) is 0 Å². The Hall–Kier alpha value is -1.13. The van der Waals surface area contributed by atoms with E-state index in [0.717, 1.165) is 12.2 Å². The van der Waals surface area contributed by atoms with Crippen LogP contribution < -0.4 is 5.32 Å². The molecule has 1 atom stereocenters. The Morgan fingerprint density at radius 1 is 1.60 bits per heavy atom. The van der Waals surface area contributed by atoms with Crippen molar-refractivity contribution in [2.75, 3.05) is 7.05 Å². The topological polar surface area (TPSA) is 29.9 Å². The molecule has 0 saturated heterocycles. The minimum absolute atomic E-state index is 0.374. The summed E-state index contributed by atoms with van der Waals surface area (Å²) in [6.07, 6.45) is 2.10. The summed E-state index contributed by atoms with van der Waals surface area (Å²) in [5.41, 5.74) is 4.30. The van der Waals surface area contributed by atoms with Gasteiger partial charge in [-0.2, -0.15) is 0 Å². The van der Waals surface area contributed by atoms with Gasteiger partial charge in [-0.1, -0.05) is 0 Å². The van der Waals surface area contributed by atoms with Gasteiger partial charge in [0.05, 0.1) is 17.7 Å². The molecular formula is C11H15N3S. The van der Waals surface area contributed by atoms with Gasteiger partial charge in [0.25, 0.3) is 0 Å². The van der Waals surface area contributed by atoms with Crippen LogP contribution in [0.5, 0.6) is 0 Å². The van der Waals surface area contributed by atoms with E-state index in [-0.39, 0.29) is 0 Å². The smallest absolute Gasteiger partial charge is 0.0795 e.